The zero-order valence-corrected chi connectivity index (χ0v) is 9.16. The molecule has 0 rings (SSSR count). The van der Waals surface area contributed by atoms with E-state index in [1.807, 2.05) is 0 Å². The van der Waals surface area contributed by atoms with Crippen LogP contribution in [0.25, 0.3) is 0 Å². The maximum absolute atomic E-state index is 13.3. The van der Waals surface area contributed by atoms with E-state index < -0.39 is 31.0 Å². The lowest BCUT2D eigenvalue weighted by molar-refractivity contribution is -0.278. The second-order valence-corrected chi connectivity index (χ2v) is 2.69. The number of hydroxylamine groups is 2. The van der Waals surface area contributed by atoms with Crippen molar-refractivity contribution < 1.29 is 32.7 Å². The molecule has 94 valence electrons. The van der Waals surface area contributed by atoms with Gasteiger partial charge in [0.05, 0.1) is 27.8 Å². The number of nitrogens with zero attached hydrogens (tertiary/aromatic N) is 1. The Morgan fingerprint density at radius 2 is 1.75 bits per heavy atom. The lowest BCUT2D eigenvalue weighted by atomic mass is 10.3. The molecule has 0 saturated carbocycles. The number of rotatable bonds is 5. The predicted octanol–water partition coefficient (Wildman–Crippen LogP) is 1.16. The fourth-order valence-electron chi connectivity index (χ4n) is 0.881. The number of carbonyl (C=O) groups is 2. The van der Waals surface area contributed by atoms with Crippen molar-refractivity contribution in [3.63, 3.8) is 0 Å². The second-order valence-electron chi connectivity index (χ2n) is 2.69. The number of carbonyl (C=O) groups excluding carboxylic acids is 2. The van der Waals surface area contributed by atoms with E-state index in [1.54, 1.807) is 0 Å². The maximum atomic E-state index is 13.3. The number of halogens is 2. The maximum Gasteiger partial charge on any atom is 0.438 e. The van der Waals surface area contributed by atoms with Crippen LogP contribution in [0.2, 0.25) is 0 Å². The molecule has 0 bridgehead atoms. The van der Waals surface area contributed by atoms with Gasteiger partial charge in [-0.3, -0.25) is 9.63 Å². The summed E-state index contributed by atoms with van der Waals surface area (Å²) in [6, 6.07) is -3.64. The lowest BCUT2D eigenvalue weighted by Gasteiger charge is -2.26. The van der Waals surface area contributed by atoms with Gasteiger partial charge in [0.2, 0.25) is 0 Å². The summed E-state index contributed by atoms with van der Waals surface area (Å²) in [4.78, 5) is 25.8. The van der Waals surface area contributed by atoms with Gasteiger partial charge in [0.1, 0.15) is 0 Å². The van der Waals surface area contributed by atoms with Gasteiger partial charge < -0.3 is 9.47 Å². The summed E-state index contributed by atoms with van der Waals surface area (Å²) in [6.45, 7) is 0. The first-order chi connectivity index (χ1) is 7.38. The molecule has 0 atom stereocenters. The van der Waals surface area contributed by atoms with E-state index in [1.165, 1.54) is 0 Å². The van der Waals surface area contributed by atoms with Crippen LogP contribution in [0.1, 0.15) is 12.8 Å². The van der Waals surface area contributed by atoms with Crippen molar-refractivity contribution >= 4 is 12.1 Å². The van der Waals surface area contributed by atoms with Crippen molar-refractivity contribution in [1.82, 2.24) is 5.06 Å². The zero-order valence-electron chi connectivity index (χ0n) is 9.16. The molecule has 16 heavy (non-hydrogen) atoms. The van der Waals surface area contributed by atoms with Crippen molar-refractivity contribution in [3.8, 4) is 0 Å². The van der Waals surface area contributed by atoms with Crippen LogP contribution in [-0.4, -0.2) is 44.5 Å². The Kier molecular flexibility index (Phi) is 5.65. The minimum atomic E-state index is -3.64. The van der Waals surface area contributed by atoms with Crippen molar-refractivity contribution in [2.45, 2.75) is 18.9 Å². The van der Waals surface area contributed by atoms with E-state index >= 15 is 0 Å². The monoisotopic (exact) mass is 242 g/mol. The highest BCUT2D eigenvalue weighted by atomic mass is 19.3. The van der Waals surface area contributed by atoms with Gasteiger partial charge in [0.15, 0.2) is 0 Å². The molecule has 0 aliphatic carbocycles. The first-order valence-electron chi connectivity index (χ1n) is 4.26. The van der Waals surface area contributed by atoms with Crippen LogP contribution in [0.5, 0.6) is 0 Å². The van der Waals surface area contributed by atoms with Crippen molar-refractivity contribution in [1.29, 1.82) is 0 Å². The molecule has 8 heteroatoms. The van der Waals surface area contributed by atoms with Crippen LogP contribution in [0.4, 0.5) is 13.6 Å². The minimum absolute atomic E-state index is 0.240. The summed E-state index contributed by atoms with van der Waals surface area (Å²) in [6.07, 6.45) is -2.81. The van der Waals surface area contributed by atoms with Gasteiger partial charge in [-0.15, -0.1) is 5.06 Å². The second kappa shape index (κ2) is 6.21. The first-order valence-corrected chi connectivity index (χ1v) is 4.26. The molecule has 0 fully saturated rings. The number of alkyl halides is 2. The molecule has 0 heterocycles. The Morgan fingerprint density at radius 1 is 1.19 bits per heavy atom. The van der Waals surface area contributed by atoms with Gasteiger partial charge in [0.25, 0.3) is 0 Å². The fraction of sp³-hybridized carbons (Fsp3) is 0.750. The van der Waals surface area contributed by atoms with E-state index in [-0.39, 0.29) is 5.06 Å². The molecule has 0 aromatic carbocycles. The normalized spacial score (nSPS) is 10.8. The Bertz CT molecular complexity index is 259. The third-order valence-corrected chi connectivity index (χ3v) is 1.68. The third kappa shape index (κ3) is 3.97. The van der Waals surface area contributed by atoms with E-state index in [0.717, 1.165) is 21.3 Å². The van der Waals surface area contributed by atoms with Crippen LogP contribution >= 0.6 is 0 Å². The number of ether oxygens (including phenoxy) is 2. The molecule has 0 aliphatic rings. The van der Waals surface area contributed by atoms with E-state index in [0.29, 0.717) is 0 Å². The molecule has 0 aliphatic heterocycles. The van der Waals surface area contributed by atoms with Crippen LogP contribution in [0.15, 0.2) is 0 Å². The van der Waals surface area contributed by atoms with Gasteiger partial charge >= 0.3 is 18.1 Å². The summed E-state index contributed by atoms with van der Waals surface area (Å²) in [5.41, 5.74) is 0. The summed E-state index contributed by atoms with van der Waals surface area (Å²) in [7, 11) is 2.91. The van der Waals surface area contributed by atoms with Gasteiger partial charge in [-0.05, 0) is 0 Å². The van der Waals surface area contributed by atoms with Crippen LogP contribution in [-0.2, 0) is 19.1 Å². The third-order valence-electron chi connectivity index (χ3n) is 1.68. The molecule has 0 aromatic rings. The van der Waals surface area contributed by atoms with E-state index in [2.05, 4.69) is 14.3 Å². The van der Waals surface area contributed by atoms with Crippen LogP contribution < -0.4 is 0 Å². The average molecular weight is 242 g/mol. The molecule has 0 saturated heterocycles. The first kappa shape index (κ1) is 14.6. The Morgan fingerprint density at radius 3 is 2.12 bits per heavy atom. The fourth-order valence-corrected chi connectivity index (χ4v) is 0.881. The molecule has 1 amide bonds. The van der Waals surface area contributed by atoms with Gasteiger partial charge in [-0.25, -0.2) is 4.79 Å². The minimum Gasteiger partial charge on any atom is -0.469 e. The zero-order chi connectivity index (χ0) is 12.8. The number of amides is 1. The number of methoxy groups -OCH3 is 2. The number of hydrogen-bond acceptors (Lipinski definition) is 5. The largest absolute Gasteiger partial charge is 0.469 e. The lowest BCUT2D eigenvalue weighted by Crippen LogP contribution is -2.45. The summed E-state index contributed by atoms with van der Waals surface area (Å²) < 4.78 is 34.9. The van der Waals surface area contributed by atoms with E-state index in [9.17, 15) is 18.4 Å². The quantitative estimate of drug-likeness (QED) is 0.313. The van der Waals surface area contributed by atoms with Crippen molar-refractivity contribution in [2.24, 2.45) is 0 Å². The highest BCUT2D eigenvalue weighted by molar-refractivity contribution is 5.69. The highest BCUT2D eigenvalue weighted by Gasteiger charge is 2.42. The Hall–Kier alpha value is -1.44. The summed E-state index contributed by atoms with van der Waals surface area (Å²) in [5.74, 6) is -0.805. The summed E-state index contributed by atoms with van der Waals surface area (Å²) >= 11 is 0. The molecule has 0 unspecified atom stereocenters. The number of hydrogen-bond donors (Lipinski definition) is 0. The Labute approximate surface area is 91.0 Å². The van der Waals surface area contributed by atoms with Gasteiger partial charge in [-0.2, -0.15) is 8.78 Å². The SMILES string of the molecule is COC(=O)CCC(F)(F)[15N](OC)C(=O)OC. The molecule has 6 nitrogen and oxygen atoms in total. The standard InChI is InChI=1S/C8H13F2NO5/c1-14-6(12)4-5-8(9,10)11(16-3)7(13)15-2/h4-5H2,1-3H3/i11+1. The molecule has 0 N–H and O–H groups in total. The van der Waals surface area contributed by atoms with Gasteiger partial charge in [-0.1, -0.05) is 0 Å². The topological polar surface area (TPSA) is 65.1 Å². The predicted molar refractivity (Wildman–Crippen MR) is 47.5 cm³/mol. The van der Waals surface area contributed by atoms with Crippen molar-refractivity contribution in [3.05, 3.63) is 0 Å². The molecular weight excluding hydrogens is 229 g/mol. The summed E-state index contributed by atoms with van der Waals surface area (Å²) in [5, 5.41) is -0.240. The average Bonchev–Trinajstić information content (AvgIpc) is 2.26. The van der Waals surface area contributed by atoms with Crippen molar-refractivity contribution in [2.75, 3.05) is 21.3 Å². The van der Waals surface area contributed by atoms with Gasteiger partial charge in [0, 0.05) is 6.42 Å². The molecule has 0 aromatic heterocycles. The number of esters is 1. The van der Waals surface area contributed by atoms with Crippen LogP contribution in [0.3, 0.4) is 0 Å². The highest BCUT2D eigenvalue weighted by Crippen LogP contribution is 2.26. The van der Waals surface area contributed by atoms with Crippen LogP contribution in [0, 0.1) is 0 Å². The van der Waals surface area contributed by atoms with E-state index in [4.69, 9.17) is 0 Å². The smallest absolute Gasteiger partial charge is 0.438 e. The molecule has 0 radical (unpaired) electrons. The Balaban J connectivity index is 4.48. The molecule has 0 spiro atoms. The molecular formula is C8H13F2NO5.